The highest BCUT2D eigenvalue weighted by Gasteiger charge is 2.40. The summed E-state index contributed by atoms with van der Waals surface area (Å²) in [5.74, 6) is -1.32. The number of H-pyrrole nitrogens is 1. The lowest BCUT2D eigenvalue weighted by atomic mass is 10.4. The highest BCUT2D eigenvalue weighted by Crippen LogP contribution is 2.32. The Morgan fingerprint density at radius 3 is 2.84 bits per heavy atom. The fourth-order valence-corrected chi connectivity index (χ4v) is 3.52. The third-order valence-electron chi connectivity index (χ3n) is 2.87. The van der Waals surface area contributed by atoms with E-state index in [9.17, 15) is 13.2 Å². The Morgan fingerprint density at radius 2 is 2.32 bits per heavy atom. The summed E-state index contributed by atoms with van der Waals surface area (Å²) in [4.78, 5) is 11.0. The van der Waals surface area contributed by atoms with E-state index in [1.54, 1.807) is 0 Å². The molecule has 1 aromatic heterocycles. The summed E-state index contributed by atoms with van der Waals surface area (Å²) in [6, 6.07) is -0.0786. The summed E-state index contributed by atoms with van der Waals surface area (Å²) < 4.78 is 31.1. The van der Waals surface area contributed by atoms with Gasteiger partial charge in [-0.2, -0.15) is 9.40 Å². The minimum atomic E-state index is -3.89. The lowest BCUT2D eigenvalue weighted by molar-refractivity contribution is 0.0692. The van der Waals surface area contributed by atoms with E-state index in [1.165, 1.54) is 11.4 Å². The maximum absolute atomic E-state index is 12.4. The number of nitrogens with zero attached hydrogens (tertiary/aromatic N) is 2. The average molecular weight is 289 g/mol. The average Bonchev–Trinajstić information content (AvgIpc) is 3.04. The summed E-state index contributed by atoms with van der Waals surface area (Å²) >= 11 is 0. The van der Waals surface area contributed by atoms with Crippen LogP contribution in [-0.2, 0) is 14.8 Å². The Morgan fingerprint density at radius 1 is 1.63 bits per heavy atom. The number of sulfonamides is 1. The standard InChI is InChI=1S/C10H15N3O5S/c1-18-5-4-13(7-2-3-7)19(16,17)9-8(10(14)15)6-11-12-9/h6-7H,2-5H2,1H3,(H,11,12)(H,14,15). The predicted octanol–water partition coefficient (Wildman–Crippen LogP) is -0.0926. The number of aromatic nitrogens is 2. The molecule has 0 saturated heterocycles. The van der Waals surface area contributed by atoms with Crippen LogP contribution in [0.2, 0.25) is 0 Å². The molecule has 1 saturated carbocycles. The molecular weight excluding hydrogens is 274 g/mol. The van der Waals surface area contributed by atoms with Gasteiger partial charge < -0.3 is 9.84 Å². The van der Waals surface area contributed by atoms with Gasteiger partial charge in [0.1, 0.15) is 5.56 Å². The first-order valence-corrected chi connectivity index (χ1v) is 7.20. The fraction of sp³-hybridized carbons (Fsp3) is 0.600. The molecule has 0 bridgehead atoms. The van der Waals surface area contributed by atoms with E-state index in [1.807, 2.05) is 0 Å². The minimum absolute atomic E-state index is 0.0786. The number of methoxy groups -OCH3 is 1. The molecule has 0 amide bonds. The molecule has 1 aromatic rings. The van der Waals surface area contributed by atoms with Gasteiger partial charge in [-0.05, 0) is 12.8 Å². The number of aromatic carboxylic acids is 1. The van der Waals surface area contributed by atoms with E-state index >= 15 is 0 Å². The quantitative estimate of drug-likeness (QED) is 0.725. The zero-order chi connectivity index (χ0) is 14.0. The Kier molecular flexibility index (Phi) is 3.88. The predicted molar refractivity (Wildman–Crippen MR) is 64.3 cm³/mol. The number of hydrogen-bond acceptors (Lipinski definition) is 5. The van der Waals surface area contributed by atoms with Crippen LogP contribution in [0.1, 0.15) is 23.2 Å². The van der Waals surface area contributed by atoms with Gasteiger partial charge in [-0.25, -0.2) is 13.2 Å². The number of carboxylic acid groups (broad SMARTS) is 1. The molecule has 2 rings (SSSR count). The van der Waals surface area contributed by atoms with Gasteiger partial charge in [-0.3, -0.25) is 5.10 Å². The van der Waals surface area contributed by atoms with Gasteiger partial charge in [0.15, 0.2) is 5.03 Å². The molecular formula is C10H15N3O5S. The molecule has 0 atom stereocenters. The number of ether oxygens (including phenoxy) is 1. The van der Waals surface area contributed by atoms with Crippen LogP contribution in [0.15, 0.2) is 11.2 Å². The van der Waals surface area contributed by atoms with Crippen molar-refractivity contribution in [3.8, 4) is 0 Å². The number of carbonyl (C=O) groups is 1. The van der Waals surface area contributed by atoms with Crippen LogP contribution in [0.5, 0.6) is 0 Å². The van der Waals surface area contributed by atoms with E-state index in [0.29, 0.717) is 0 Å². The molecule has 0 unspecified atom stereocenters. The van der Waals surface area contributed by atoms with E-state index in [4.69, 9.17) is 9.84 Å². The zero-order valence-corrected chi connectivity index (χ0v) is 11.2. The molecule has 1 heterocycles. The second kappa shape index (κ2) is 5.27. The van der Waals surface area contributed by atoms with Crippen molar-refractivity contribution < 1.29 is 23.1 Å². The summed E-state index contributed by atoms with van der Waals surface area (Å²) in [6.07, 6.45) is 2.55. The highest BCUT2D eigenvalue weighted by molar-refractivity contribution is 7.89. The number of rotatable bonds is 7. The van der Waals surface area contributed by atoms with Gasteiger partial charge in [0.25, 0.3) is 10.0 Å². The fourth-order valence-electron chi connectivity index (χ4n) is 1.78. The molecule has 2 N–H and O–H groups in total. The lowest BCUT2D eigenvalue weighted by Crippen LogP contribution is -2.36. The molecule has 106 valence electrons. The number of hydrogen-bond donors (Lipinski definition) is 2. The summed E-state index contributed by atoms with van der Waals surface area (Å²) in [7, 11) is -2.41. The SMILES string of the molecule is COCCN(C1CC1)S(=O)(=O)c1[nH]ncc1C(=O)O. The van der Waals surface area contributed by atoms with Crippen molar-refractivity contribution in [3.05, 3.63) is 11.8 Å². The number of nitrogens with one attached hydrogen (secondary N) is 1. The molecule has 1 aliphatic carbocycles. The maximum atomic E-state index is 12.4. The van der Waals surface area contributed by atoms with Crippen molar-refractivity contribution in [2.75, 3.05) is 20.3 Å². The van der Waals surface area contributed by atoms with Gasteiger partial charge in [0.2, 0.25) is 0 Å². The third kappa shape index (κ3) is 2.77. The first kappa shape index (κ1) is 14.0. The minimum Gasteiger partial charge on any atom is -0.478 e. The van der Waals surface area contributed by atoms with E-state index in [2.05, 4.69) is 10.2 Å². The summed E-state index contributed by atoms with van der Waals surface area (Å²) in [5, 5.41) is 14.4. The van der Waals surface area contributed by atoms with Crippen molar-refractivity contribution in [2.24, 2.45) is 0 Å². The Labute approximate surface area is 110 Å². The molecule has 19 heavy (non-hydrogen) atoms. The van der Waals surface area contributed by atoms with Crippen LogP contribution in [0.3, 0.4) is 0 Å². The number of carboxylic acids is 1. The summed E-state index contributed by atoms with van der Waals surface area (Å²) in [5.41, 5.74) is -0.344. The van der Waals surface area contributed by atoms with Crippen molar-refractivity contribution in [1.29, 1.82) is 0 Å². The Bertz CT molecular complexity index is 563. The van der Waals surface area contributed by atoms with Crippen molar-refractivity contribution in [2.45, 2.75) is 23.9 Å². The Hall–Kier alpha value is -1.45. The van der Waals surface area contributed by atoms with Gasteiger partial charge in [0, 0.05) is 19.7 Å². The first-order chi connectivity index (χ1) is 8.98. The number of aromatic amines is 1. The molecule has 8 nitrogen and oxygen atoms in total. The maximum Gasteiger partial charge on any atom is 0.340 e. The van der Waals surface area contributed by atoms with Crippen LogP contribution >= 0.6 is 0 Å². The molecule has 0 radical (unpaired) electrons. The monoisotopic (exact) mass is 289 g/mol. The topological polar surface area (TPSA) is 113 Å². The molecule has 1 fully saturated rings. The second-order valence-electron chi connectivity index (χ2n) is 4.26. The Balaban J connectivity index is 2.33. The van der Waals surface area contributed by atoms with E-state index in [-0.39, 0.29) is 29.8 Å². The first-order valence-electron chi connectivity index (χ1n) is 5.76. The van der Waals surface area contributed by atoms with Crippen LogP contribution in [0.25, 0.3) is 0 Å². The summed E-state index contributed by atoms with van der Waals surface area (Å²) in [6.45, 7) is 0.452. The highest BCUT2D eigenvalue weighted by atomic mass is 32.2. The molecule has 0 spiro atoms. The molecule has 0 aliphatic heterocycles. The van der Waals surface area contributed by atoms with Gasteiger partial charge in [0.05, 0.1) is 12.8 Å². The van der Waals surface area contributed by atoms with Gasteiger partial charge in [-0.15, -0.1) is 0 Å². The van der Waals surface area contributed by atoms with Crippen LogP contribution in [-0.4, -0.2) is 60.3 Å². The third-order valence-corrected chi connectivity index (χ3v) is 4.80. The largest absolute Gasteiger partial charge is 0.478 e. The molecule has 9 heteroatoms. The van der Waals surface area contributed by atoms with Crippen LogP contribution in [0, 0.1) is 0 Å². The van der Waals surface area contributed by atoms with E-state index in [0.717, 1.165) is 19.0 Å². The molecule has 1 aliphatic rings. The van der Waals surface area contributed by atoms with Crippen molar-refractivity contribution in [3.63, 3.8) is 0 Å². The van der Waals surface area contributed by atoms with Crippen molar-refractivity contribution >= 4 is 16.0 Å². The van der Waals surface area contributed by atoms with Crippen LogP contribution in [0.4, 0.5) is 0 Å². The normalized spacial score (nSPS) is 15.9. The van der Waals surface area contributed by atoms with Crippen LogP contribution < -0.4 is 0 Å². The molecule has 0 aromatic carbocycles. The smallest absolute Gasteiger partial charge is 0.340 e. The van der Waals surface area contributed by atoms with Crippen molar-refractivity contribution in [1.82, 2.24) is 14.5 Å². The zero-order valence-electron chi connectivity index (χ0n) is 10.4. The second-order valence-corrected chi connectivity index (χ2v) is 6.09. The van der Waals surface area contributed by atoms with E-state index < -0.39 is 16.0 Å². The lowest BCUT2D eigenvalue weighted by Gasteiger charge is -2.20. The van der Waals surface area contributed by atoms with Gasteiger partial charge >= 0.3 is 5.97 Å². The van der Waals surface area contributed by atoms with Gasteiger partial charge in [-0.1, -0.05) is 0 Å².